The molecule has 2 rings (SSSR count). The number of sulfone groups is 1. The number of amides is 1. The summed E-state index contributed by atoms with van der Waals surface area (Å²) in [5, 5.41) is 3.50. The minimum Gasteiger partial charge on any atom is -0.468 e. The first-order valence-corrected chi connectivity index (χ1v) is 9.70. The Kier molecular flexibility index (Phi) is 5.31. The van der Waals surface area contributed by atoms with Gasteiger partial charge in [-0.1, -0.05) is 26.8 Å². The molecule has 2 heterocycles. The summed E-state index contributed by atoms with van der Waals surface area (Å²) in [4.78, 5) is 12.0. The summed E-state index contributed by atoms with van der Waals surface area (Å²) in [6.45, 7) is 5.86. The summed E-state index contributed by atoms with van der Waals surface area (Å²) >= 11 is 1.16. The Labute approximate surface area is 140 Å². The van der Waals surface area contributed by atoms with Crippen molar-refractivity contribution >= 4 is 27.1 Å². The van der Waals surface area contributed by atoms with Crippen molar-refractivity contribution in [2.75, 3.05) is 6.54 Å². The molecule has 0 saturated carbocycles. The van der Waals surface area contributed by atoms with Crippen LogP contribution in [-0.4, -0.2) is 20.9 Å². The fourth-order valence-corrected chi connectivity index (χ4v) is 4.95. The molecule has 0 aliphatic heterocycles. The lowest BCUT2D eigenvalue weighted by Gasteiger charge is -2.19. The maximum Gasteiger partial charge on any atom is 0.220 e. The third kappa shape index (κ3) is 4.68. The lowest BCUT2D eigenvalue weighted by atomic mass is 9.92. The van der Waals surface area contributed by atoms with Crippen LogP contribution >= 0.6 is 11.3 Å². The van der Waals surface area contributed by atoms with E-state index in [1.54, 1.807) is 29.6 Å². The zero-order valence-corrected chi connectivity index (χ0v) is 15.0. The summed E-state index contributed by atoms with van der Waals surface area (Å²) < 4.78 is 31.1. The second-order valence-electron chi connectivity index (χ2n) is 6.52. The molecular formula is C16H21NO4S2. The van der Waals surface area contributed by atoms with E-state index in [0.29, 0.717) is 12.2 Å². The van der Waals surface area contributed by atoms with Crippen LogP contribution in [0.1, 0.15) is 38.2 Å². The Hall–Kier alpha value is -1.60. The Morgan fingerprint density at radius 1 is 1.30 bits per heavy atom. The van der Waals surface area contributed by atoms with Crippen LogP contribution in [-0.2, 0) is 14.6 Å². The number of carbonyl (C=O) groups excluding carboxylic acids is 1. The summed E-state index contributed by atoms with van der Waals surface area (Å²) in [7, 11) is -3.61. The Bertz CT molecular complexity index is 726. The number of hydrogen-bond donors (Lipinski definition) is 1. The zero-order chi connectivity index (χ0) is 17.1. The molecule has 1 amide bonds. The highest BCUT2D eigenvalue weighted by Gasteiger charge is 2.32. The Morgan fingerprint density at radius 3 is 2.57 bits per heavy atom. The lowest BCUT2D eigenvalue weighted by Crippen LogP contribution is -2.33. The first kappa shape index (κ1) is 17.7. The predicted octanol–water partition coefficient (Wildman–Crippen LogP) is 3.41. The van der Waals surface area contributed by atoms with Gasteiger partial charge in [0.05, 0.1) is 6.26 Å². The molecule has 1 unspecified atom stereocenters. The van der Waals surface area contributed by atoms with Gasteiger partial charge in [-0.3, -0.25) is 4.79 Å². The third-order valence-corrected chi connectivity index (χ3v) is 6.68. The number of rotatable bonds is 6. The van der Waals surface area contributed by atoms with Gasteiger partial charge in [0, 0.05) is 13.0 Å². The first-order valence-electron chi connectivity index (χ1n) is 7.28. The monoisotopic (exact) mass is 355 g/mol. The van der Waals surface area contributed by atoms with Crippen LogP contribution in [0.5, 0.6) is 0 Å². The molecule has 1 atom stereocenters. The van der Waals surface area contributed by atoms with Crippen LogP contribution in [0.2, 0.25) is 0 Å². The molecular weight excluding hydrogens is 334 g/mol. The van der Waals surface area contributed by atoms with Gasteiger partial charge in [0.1, 0.15) is 15.2 Å². The summed E-state index contributed by atoms with van der Waals surface area (Å²) in [5.74, 6) is 0.157. The van der Waals surface area contributed by atoms with E-state index >= 15 is 0 Å². The van der Waals surface area contributed by atoms with E-state index in [2.05, 4.69) is 5.32 Å². The number of hydrogen-bond acceptors (Lipinski definition) is 5. The van der Waals surface area contributed by atoms with E-state index in [0.717, 1.165) is 11.3 Å². The van der Waals surface area contributed by atoms with E-state index in [-0.39, 0.29) is 22.1 Å². The number of carbonyl (C=O) groups is 1. The van der Waals surface area contributed by atoms with Gasteiger partial charge in [0.2, 0.25) is 5.91 Å². The highest BCUT2D eigenvalue weighted by molar-refractivity contribution is 7.93. The molecule has 0 aromatic carbocycles. The van der Waals surface area contributed by atoms with Crippen LogP contribution in [0.3, 0.4) is 0 Å². The highest BCUT2D eigenvalue weighted by atomic mass is 32.2. The third-order valence-electron chi connectivity index (χ3n) is 3.19. The molecule has 0 bridgehead atoms. The molecule has 0 aliphatic rings. The van der Waals surface area contributed by atoms with Crippen LogP contribution in [0, 0.1) is 5.41 Å². The van der Waals surface area contributed by atoms with E-state index in [9.17, 15) is 13.2 Å². The molecule has 0 aliphatic carbocycles. The fraction of sp³-hybridized carbons (Fsp3) is 0.438. The second kappa shape index (κ2) is 6.88. The average molecular weight is 355 g/mol. The number of thiophene rings is 1. The first-order chi connectivity index (χ1) is 10.7. The fourth-order valence-electron chi connectivity index (χ4n) is 2.15. The normalized spacial score (nSPS) is 13.7. The molecule has 5 nitrogen and oxygen atoms in total. The second-order valence-corrected chi connectivity index (χ2v) is 9.83. The summed E-state index contributed by atoms with van der Waals surface area (Å²) in [6, 6.07) is 6.51. The lowest BCUT2D eigenvalue weighted by molar-refractivity contribution is -0.122. The molecule has 0 saturated heterocycles. The maximum atomic E-state index is 12.8. The molecule has 2 aromatic rings. The van der Waals surface area contributed by atoms with Gasteiger partial charge in [-0.25, -0.2) is 8.42 Å². The van der Waals surface area contributed by atoms with Crippen molar-refractivity contribution in [3.05, 3.63) is 41.7 Å². The average Bonchev–Trinajstić information content (AvgIpc) is 3.10. The molecule has 2 aromatic heterocycles. The highest BCUT2D eigenvalue weighted by Crippen LogP contribution is 2.31. The van der Waals surface area contributed by atoms with Gasteiger partial charge in [-0.15, -0.1) is 11.3 Å². The van der Waals surface area contributed by atoms with Gasteiger partial charge < -0.3 is 9.73 Å². The minimum atomic E-state index is -3.61. The Balaban J connectivity index is 2.19. The van der Waals surface area contributed by atoms with Crippen molar-refractivity contribution in [2.24, 2.45) is 5.41 Å². The molecule has 0 radical (unpaired) electrons. The number of furan rings is 1. The molecule has 7 heteroatoms. The van der Waals surface area contributed by atoms with E-state index in [4.69, 9.17) is 4.42 Å². The maximum absolute atomic E-state index is 12.8. The SMILES string of the molecule is CC(C)(C)CC(=O)NCC(c1ccco1)S(=O)(=O)c1cccs1. The van der Waals surface area contributed by atoms with Crippen molar-refractivity contribution in [1.29, 1.82) is 0 Å². The van der Waals surface area contributed by atoms with Gasteiger partial charge in [0.15, 0.2) is 9.84 Å². The predicted molar refractivity (Wildman–Crippen MR) is 90.0 cm³/mol. The largest absolute Gasteiger partial charge is 0.468 e. The van der Waals surface area contributed by atoms with Crippen molar-refractivity contribution in [3.8, 4) is 0 Å². The van der Waals surface area contributed by atoms with Crippen LogP contribution < -0.4 is 5.32 Å². The quantitative estimate of drug-likeness (QED) is 0.861. The molecule has 126 valence electrons. The van der Waals surface area contributed by atoms with Gasteiger partial charge in [-0.05, 0) is 29.0 Å². The van der Waals surface area contributed by atoms with Crippen molar-refractivity contribution in [1.82, 2.24) is 5.32 Å². The van der Waals surface area contributed by atoms with Crippen molar-refractivity contribution in [2.45, 2.75) is 36.7 Å². The van der Waals surface area contributed by atoms with E-state index in [1.807, 2.05) is 20.8 Å². The minimum absolute atomic E-state index is 0.0113. The van der Waals surface area contributed by atoms with Crippen LogP contribution in [0.25, 0.3) is 0 Å². The van der Waals surface area contributed by atoms with Gasteiger partial charge in [-0.2, -0.15) is 0 Å². The molecule has 0 fully saturated rings. The topological polar surface area (TPSA) is 76.4 Å². The van der Waals surface area contributed by atoms with Crippen LogP contribution in [0.4, 0.5) is 0 Å². The van der Waals surface area contributed by atoms with Crippen molar-refractivity contribution < 1.29 is 17.6 Å². The summed E-state index contributed by atoms with van der Waals surface area (Å²) in [5.41, 5.74) is -0.156. The standard InChI is InChI=1S/C16H21NO4S2/c1-16(2,3)10-14(18)17-11-13(12-6-4-8-21-12)23(19,20)15-7-5-9-22-15/h4-9,13H,10-11H2,1-3H3,(H,17,18). The van der Waals surface area contributed by atoms with Gasteiger partial charge in [0.25, 0.3) is 0 Å². The van der Waals surface area contributed by atoms with Crippen molar-refractivity contribution in [3.63, 3.8) is 0 Å². The molecule has 1 N–H and O–H groups in total. The molecule has 0 spiro atoms. The number of nitrogens with one attached hydrogen (secondary N) is 1. The molecule has 23 heavy (non-hydrogen) atoms. The van der Waals surface area contributed by atoms with E-state index in [1.165, 1.54) is 6.26 Å². The summed E-state index contributed by atoms with van der Waals surface area (Å²) in [6.07, 6.45) is 1.76. The van der Waals surface area contributed by atoms with E-state index < -0.39 is 15.1 Å². The Morgan fingerprint density at radius 2 is 2.04 bits per heavy atom. The smallest absolute Gasteiger partial charge is 0.220 e. The zero-order valence-electron chi connectivity index (χ0n) is 13.4. The van der Waals surface area contributed by atoms with Gasteiger partial charge >= 0.3 is 0 Å². The van der Waals surface area contributed by atoms with Crippen LogP contribution in [0.15, 0.2) is 44.5 Å².